The van der Waals surface area contributed by atoms with Crippen LogP contribution in [0.1, 0.15) is 19.4 Å². The van der Waals surface area contributed by atoms with Gasteiger partial charge in [-0.05, 0) is 24.6 Å². The van der Waals surface area contributed by atoms with Gasteiger partial charge in [0.05, 0.1) is 12.6 Å². The molecular formula is C17H19FNNaO6. The fourth-order valence-corrected chi connectivity index (χ4v) is 2.15. The summed E-state index contributed by atoms with van der Waals surface area (Å²) in [5, 5.41) is 13.7. The van der Waals surface area contributed by atoms with Crippen LogP contribution in [0.2, 0.25) is 0 Å². The largest absolute Gasteiger partial charge is 1.00 e. The second-order valence-corrected chi connectivity index (χ2v) is 5.14. The molecule has 0 radical (unpaired) electrons. The van der Waals surface area contributed by atoms with E-state index < -0.39 is 35.6 Å². The molecule has 0 saturated carbocycles. The first kappa shape index (κ1) is 24.1. The summed E-state index contributed by atoms with van der Waals surface area (Å²) in [5.41, 5.74) is -2.21. The van der Waals surface area contributed by atoms with Gasteiger partial charge in [-0.1, -0.05) is 18.7 Å². The van der Waals surface area contributed by atoms with Crippen molar-refractivity contribution in [1.29, 1.82) is 0 Å². The van der Waals surface area contributed by atoms with Crippen LogP contribution in [0, 0.1) is 5.82 Å². The van der Waals surface area contributed by atoms with Gasteiger partial charge < -0.3 is 24.7 Å². The minimum absolute atomic E-state index is 0. The summed E-state index contributed by atoms with van der Waals surface area (Å²) in [4.78, 5) is 35.3. The minimum Gasteiger partial charge on any atom is -0.547 e. The summed E-state index contributed by atoms with van der Waals surface area (Å²) in [7, 11) is 0. The van der Waals surface area contributed by atoms with Gasteiger partial charge in [0.15, 0.2) is 17.1 Å². The number of carbonyl (C=O) groups excluding carboxylic acids is 3. The maximum Gasteiger partial charge on any atom is 1.00 e. The van der Waals surface area contributed by atoms with Crippen LogP contribution >= 0.6 is 0 Å². The number of esters is 1. The number of nitrogens with one attached hydrogen (secondary N) is 1. The van der Waals surface area contributed by atoms with E-state index >= 15 is 0 Å². The zero-order valence-electron chi connectivity index (χ0n) is 15.0. The first-order chi connectivity index (χ1) is 11.8. The van der Waals surface area contributed by atoms with E-state index in [2.05, 4.69) is 11.9 Å². The summed E-state index contributed by atoms with van der Waals surface area (Å²) in [6, 6.07) is 3.57. The number of rotatable bonds is 9. The SMILES string of the molecule is C=CCOc1cc(CC(NC(C)=O)(C(=O)[O-])C(=O)OCC)ccc1F.[Na+]. The standard InChI is InChI=1S/C17H20FNO6.Na/c1-4-8-25-14-9-12(6-7-13(14)18)10-17(15(21)22,19-11(3)20)16(23)24-5-2;/h4,6-7,9H,1,5,8,10H2,2-3H3,(H,19,20)(H,21,22);/q;+1/p-1. The van der Waals surface area contributed by atoms with Gasteiger partial charge in [-0.25, -0.2) is 9.18 Å². The molecule has 7 nitrogen and oxygen atoms in total. The third kappa shape index (κ3) is 6.12. The van der Waals surface area contributed by atoms with Crippen molar-refractivity contribution in [3.63, 3.8) is 0 Å². The van der Waals surface area contributed by atoms with Gasteiger partial charge in [0.25, 0.3) is 0 Å². The van der Waals surface area contributed by atoms with Crippen molar-refractivity contribution in [2.75, 3.05) is 13.2 Å². The Morgan fingerprint density at radius 3 is 2.54 bits per heavy atom. The zero-order chi connectivity index (χ0) is 19.0. The van der Waals surface area contributed by atoms with Crippen LogP contribution in [-0.4, -0.2) is 36.6 Å². The van der Waals surface area contributed by atoms with Gasteiger partial charge in [-0.3, -0.25) is 4.79 Å². The Bertz CT molecular complexity index is 681. The number of carboxylic acid groups (broad SMARTS) is 1. The van der Waals surface area contributed by atoms with Crippen molar-refractivity contribution >= 4 is 17.8 Å². The maximum atomic E-state index is 13.7. The van der Waals surface area contributed by atoms with Gasteiger partial charge >= 0.3 is 35.5 Å². The Morgan fingerprint density at radius 1 is 1.38 bits per heavy atom. The van der Waals surface area contributed by atoms with Crippen molar-refractivity contribution in [1.82, 2.24) is 5.32 Å². The van der Waals surface area contributed by atoms with Crippen LogP contribution in [0.5, 0.6) is 5.75 Å². The number of benzene rings is 1. The van der Waals surface area contributed by atoms with Crippen molar-refractivity contribution in [2.45, 2.75) is 25.8 Å². The van der Waals surface area contributed by atoms with Crippen LogP contribution in [0.3, 0.4) is 0 Å². The Labute approximate surface area is 172 Å². The first-order valence-corrected chi connectivity index (χ1v) is 7.46. The minimum atomic E-state index is -2.44. The van der Waals surface area contributed by atoms with E-state index in [4.69, 9.17) is 9.47 Å². The van der Waals surface area contributed by atoms with Crippen molar-refractivity contribution in [2.24, 2.45) is 0 Å². The molecule has 0 heterocycles. The molecule has 0 aliphatic heterocycles. The van der Waals surface area contributed by atoms with E-state index in [0.717, 1.165) is 13.0 Å². The maximum absolute atomic E-state index is 13.7. The molecular weight excluding hydrogens is 356 g/mol. The van der Waals surface area contributed by atoms with Gasteiger partial charge in [-0.2, -0.15) is 0 Å². The molecule has 0 aliphatic rings. The van der Waals surface area contributed by atoms with Gasteiger partial charge in [0.2, 0.25) is 5.91 Å². The average Bonchev–Trinajstić information content (AvgIpc) is 2.54. The topological polar surface area (TPSA) is 105 Å². The number of hydrogen-bond donors (Lipinski definition) is 1. The number of halogens is 1. The van der Waals surface area contributed by atoms with E-state index in [1.807, 2.05) is 0 Å². The number of hydrogen-bond acceptors (Lipinski definition) is 6. The molecule has 0 saturated heterocycles. The molecule has 0 aromatic heterocycles. The summed E-state index contributed by atoms with van der Waals surface area (Å²) >= 11 is 0. The molecule has 1 N–H and O–H groups in total. The van der Waals surface area contributed by atoms with Gasteiger partial charge in [0.1, 0.15) is 6.61 Å². The van der Waals surface area contributed by atoms with E-state index in [0.29, 0.717) is 0 Å². The quantitative estimate of drug-likeness (QED) is 0.215. The summed E-state index contributed by atoms with van der Waals surface area (Å²) in [6.45, 7) is 5.94. The second-order valence-electron chi connectivity index (χ2n) is 5.14. The van der Waals surface area contributed by atoms with Crippen LogP contribution < -0.4 is 44.7 Å². The molecule has 1 aromatic rings. The predicted octanol–water partition coefficient (Wildman–Crippen LogP) is -2.88. The summed E-state index contributed by atoms with van der Waals surface area (Å²) < 4.78 is 23.6. The summed E-state index contributed by atoms with van der Waals surface area (Å²) in [5.74, 6) is -4.58. The normalized spacial score (nSPS) is 12.1. The van der Waals surface area contributed by atoms with Crippen LogP contribution in [0.4, 0.5) is 4.39 Å². The Balaban J connectivity index is 0.00000625. The number of carboxylic acids is 1. The Hall–Kier alpha value is -1.90. The number of amides is 1. The number of carbonyl (C=O) groups is 3. The average molecular weight is 375 g/mol. The number of aliphatic carboxylic acids is 1. The van der Waals surface area contributed by atoms with E-state index in [1.54, 1.807) is 0 Å². The molecule has 0 bridgehead atoms. The molecule has 0 spiro atoms. The van der Waals surface area contributed by atoms with Crippen molar-refractivity contribution in [3.05, 3.63) is 42.2 Å². The first-order valence-electron chi connectivity index (χ1n) is 7.46. The summed E-state index contributed by atoms with van der Waals surface area (Å²) in [6.07, 6.45) is 0.909. The number of ether oxygens (including phenoxy) is 2. The van der Waals surface area contributed by atoms with E-state index in [9.17, 15) is 23.9 Å². The molecule has 1 amide bonds. The molecule has 1 atom stereocenters. The van der Waals surface area contributed by atoms with E-state index in [1.165, 1.54) is 25.1 Å². The molecule has 9 heteroatoms. The zero-order valence-corrected chi connectivity index (χ0v) is 17.0. The third-order valence-electron chi connectivity index (χ3n) is 3.18. The molecule has 1 rings (SSSR count). The van der Waals surface area contributed by atoms with Crippen LogP contribution in [0.15, 0.2) is 30.9 Å². The second kappa shape index (κ2) is 10.9. The monoisotopic (exact) mass is 375 g/mol. The van der Waals surface area contributed by atoms with Crippen LogP contribution in [-0.2, 0) is 25.5 Å². The van der Waals surface area contributed by atoms with Crippen LogP contribution in [0.25, 0.3) is 0 Å². The molecule has 1 aromatic carbocycles. The molecule has 1 unspecified atom stereocenters. The van der Waals surface area contributed by atoms with Gasteiger partial charge in [0, 0.05) is 13.3 Å². The fraction of sp³-hybridized carbons (Fsp3) is 0.353. The Kier molecular flexibility index (Phi) is 10.1. The van der Waals surface area contributed by atoms with Crippen molar-refractivity contribution < 1.29 is 62.9 Å². The molecule has 0 aliphatic carbocycles. The van der Waals surface area contributed by atoms with E-state index in [-0.39, 0.29) is 54.1 Å². The predicted molar refractivity (Wildman–Crippen MR) is 84.0 cm³/mol. The van der Waals surface area contributed by atoms with Gasteiger partial charge in [-0.15, -0.1) is 0 Å². The molecule has 136 valence electrons. The Morgan fingerprint density at radius 2 is 2.04 bits per heavy atom. The third-order valence-corrected chi connectivity index (χ3v) is 3.18. The fourth-order valence-electron chi connectivity index (χ4n) is 2.15. The molecule has 26 heavy (non-hydrogen) atoms. The smallest absolute Gasteiger partial charge is 0.547 e. The van der Waals surface area contributed by atoms with Crippen molar-refractivity contribution in [3.8, 4) is 5.75 Å². The molecule has 0 fully saturated rings.